The molecule has 9 heteroatoms. The smallest absolute Gasteiger partial charge is 0.264 e. The Morgan fingerprint density at radius 3 is 2.71 bits per heavy atom. The van der Waals surface area contributed by atoms with Crippen LogP contribution >= 0.6 is 0 Å². The van der Waals surface area contributed by atoms with Gasteiger partial charge in [0.1, 0.15) is 18.3 Å². The molecule has 9 nitrogen and oxygen atoms in total. The lowest BCUT2D eigenvalue weighted by molar-refractivity contribution is -0.122. The second-order valence-corrected chi connectivity index (χ2v) is 6.53. The molecule has 0 fully saturated rings. The molecule has 4 rings (SSSR count). The zero-order valence-electron chi connectivity index (χ0n) is 15.5. The normalized spacial score (nSPS) is 12.2. The minimum Gasteiger partial charge on any atom is -0.348 e. The predicted molar refractivity (Wildman–Crippen MR) is 103 cm³/mol. The van der Waals surface area contributed by atoms with Crippen molar-refractivity contribution in [3.8, 4) is 5.69 Å². The zero-order valence-corrected chi connectivity index (χ0v) is 15.5. The molecule has 0 aliphatic rings. The van der Waals surface area contributed by atoms with Gasteiger partial charge in [-0.05, 0) is 24.6 Å². The van der Waals surface area contributed by atoms with E-state index in [2.05, 4.69) is 20.4 Å². The van der Waals surface area contributed by atoms with Crippen LogP contribution in [0, 0.1) is 0 Å². The van der Waals surface area contributed by atoms with E-state index in [-0.39, 0.29) is 24.1 Å². The number of rotatable bonds is 5. The van der Waals surface area contributed by atoms with Crippen molar-refractivity contribution in [3.63, 3.8) is 0 Å². The van der Waals surface area contributed by atoms with E-state index in [1.807, 2.05) is 42.0 Å². The van der Waals surface area contributed by atoms with E-state index in [0.29, 0.717) is 11.0 Å². The Labute approximate surface area is 160 Å². The van der Waals surface area contributed by atoms with Crippen LogP contribution in [0.15, 0.2) is 60.3 Å². The Morgan fingerprint density at radius 1 is 1.21 bits per heavy atom. The van der Waals surface area contributed by atoms with Crippen LogP contribution in [0.2, 0.25) is 0 Å². The van der Waals surface area contributed by atoms with Crippen LogP contribution in [0.1, 0.15) is 18.5 Å². The van der Waals surface area contributed by atoms with Crippen molar-refractivity contribution in [2.24, 2.45) is 7.05 Å². The van der Waals surface area contributed by atoms with Crippen LogP contribution in [-0.4, -0.2) is 34.8 Å². The van der Waals surface area contributed by atoms with Crippen molar-refractivity contribution in [1.29, 1.82) is 0 Å². The summed E-state index contributed by atoms with van der Waals surface area (Å²) in [7, 11) is 1.71. The molecule has 0 saturated heterocycles. The minimum absolute atomic E-state index is 0.103. The topological polar surface area (TPSA) is 99.6 Å². The summed E-state index contributed by atoms with van der Waals surface area (Å²) in [5.41, 5.74) is 2.16. The molecular weight excluding hydrogens is 358 g/mol. The molecule has 0 spiro atoms. The number of hydrogen-bond donors (Lipinski definition) is 1. The van der Waals surface area contributed by atoms with E-state index in [1.54, 1.807) is 19.6 Å². The van der Waals surface area contributed by atoms with Crippen LogP contribution in [0.5, 0.6) is 0 Å². The fourth-order valence-corrected chi connectivity index (χ4v) is 3.05. The van der Waals surface area contributed by atoms with Gasteiger partial charge in [-0.25, -0.2) is 9.97 Å². The van der Waals surface area contributed by atoms with E-state index in [0.717, 1.165) is 11.3 Å². The molecule has 142 valence electrons. The second-order valence-electron chi connectivity index (χ2n) is 6.53. The average molecular weight is 377 g/mol. The molecule has 0 saturated carbocycles. The van der Waals surface area contributed by atoms with Crippen molar-refractivity contribution in [1.82, 2.24) is 34.2 Å². The van der Waals surface area contributed by atoms with Gasteiger partial charge in [0, 0.05) is 25.1 Å². The number of aryl methyl sites for hydroxylation is 1. The highest BCUT2D eigenvalue weighted by atomic mass is 16.2. The van der Waals surface area contributed by atoms with Crippen LogP contribution in [-0.2, 0) is 18.4 Å². The third kappa shape index (κ3) is 3.29. The van der Waals surface area contributed by atoms with Gasteiger partial charge in [0.05, 0.1) is 18.6 Å². The molecule has 1 amide bonds. The molecule has 28 heavy (non-hydrogen) atoms. The van der Waals surface area contributed by atoms with E-state index < -0.39 is 0 Å². The molecule has 1 N–H and O–H groups in total. The lowest BCUT2D eigenvalue weighted by atomic mass is 10.1. The molecule has 1 atom stereocenters. The molecular formula is C19H19N7O2. The maximum absolute atomic E-state index is 12.5. The number of aromatic nitrogens is 6. The number of nitrogens with one attached hydrogen (secondary N) is 1. The maximum atomic E-state index is 12.5. The first-order chi connectivity index (χ1) is 13.5. The molecule has 1 aromatic carbocycles. The molecule has 4 aromatic rings. The number of benzene rings is 1. The van der Waals surface area contributed by atoms with Crippen LogP contribution in [0.25, 0.3) is 16.7 Å². The van der Waals surface area contributed by atoms with Gasteiger partial charge in [-0.1, -0.05) is 12.1 Å². The second kappa shape index (κ2) is 7.10. The third-order valence-electron chi connectivity index (χ3n) is 4.61. The Balaban J connectivity index is 1.45. The molecule has 0 aliphatic carbocycles. The van der Waals surface area contributed by atoms with Crippen molar-refractivity contribution >= 4 is 16.9 Å². The van der Waals surface area contributed by atoms with Gasteiger partial charge >= 0.3 is 0 Å². The standard InChI is InChI=1S/C19H19N7O2/c1-13(14-3-5-15(6-4-14)25-8-7-20-11-25)23-17(27)10-26-12-21-18-16(19(26)28)9-22-24(18)2/h3-9,11-13H,10H2,1-2H3,(H,23,27). The Kier molecular flexibility index (Phi) is 4.48. The minimum atomic E-state index is -0.286. The predicted octanol–water partition coefficient (Wildman–Crippen LogP) is 1.19. The number of amides is 1. The van der Waals surface area contributed by atoms with Gasteiger partial charge < -0.3 is 9.88 Å². The van der Waals surface area contributed by atoms with Gasteiger partial charge in [0.15, 0.2) is 5.65 Å². The molecule has 1 unspecified atom stereocenters. The third-order valence-corrected chi connectivity index (χ3v) is 4.61. The first kappa shape index (κ1) is 17.7. The van der Waals surface area contributed by atoms with E-state index in [9.17, 15) is 9.59 Å². The summed E-state index contributed by atoms with van der Waals surface area (Å²) in [5, 5.41) is 7.33. The monoisotopic (exact) mass is 377 g/mol. The first-order valence-corrected chi connectivity index (χ1v) is 8.78. The summed E-state index contributed by atoms with van der Waals surface area (Å²) in [6.07, 6.45) is 8.15. The number of carbonyl (C=O) groups is 1. The van der Waals surface area contributed by atoms with E-state index in [4.69, 9.17) is 0 Å². The van der Waals surface area contributed by atoms with Crippen molar-refractivity contribution < 1.29 is 4.79 Å². The average Bonchev–Trinajstić information content (AvgIpc) is 3.35. The lowest BCUT2D eigenvalue weighted by Crippen LogP contribution is -2.33. The van der Waals surface area contributed by atoms with Crippen LogP contribution in [0.4, 0.5) is 0 Å². The maximum Gasteiger partial charge on any atom is 0.264 e. The van der Waals surface area contributed by atoms with Gasteiger partial charge in [-0.15, -0.1) is 0 Å². The summed E-state index contributed by atoms with van der Waals surface area (Å²) in [6, 6.07) is 7.63. The highest BCUT2D eigenvalue weighted by Gasteiger charge is 2.13. The van der Waals surface area contributed by atoms with E-state index in [1.165, 1.54) is 21.8 Å². The Hall–Kier alpha value is -3.75. The molecule has 3 heterocycles. The fraction of sp³-hybridized carbons (Fsp3) is 0.211. The summed E-state index contributed by atoms with van der Waals surface area (Å²) in [4.78, 5) is 33.1. The number of fused-ring (bicyclic) bond motifs is 1. The first-order valence-electron chi connectivity index (χ1n) is 8.78. The Bertz CT molecular complexity index is 1170. The highest BCUT2D eigenvalue weighted by Crippen LogP contribution is 2.15. The number of nitrogens with zero attached hydrogens (tertiary/aromatic N) is 6. The summed E-state index contributed by atoms with van der Waals surface area (Å²) < 4.78 is 4.71. The number of hydrogen-bond acceptors (Lipinski definition) is 5. The van der Waals surface area contributed by atoms with Crippen molar-refractivity contribution in [3.05, 3.63) is 71.4 Å². The van der Waals surface area contributed by atoms with Gasteiger partial charge in [-0.2, -0.15) is 5.10 Å². The number of imidazole rings is 1. The SMILES string of the molecule is CC(NC(=O)Cn1cnc2c(cnn2C)c1=O)c1ccc(-n2ccnc2)cc1. The van der Waals surface area contributed by atoms with Gasteiger partial charge in [0.2, 0.25) is 5.91 Å². The summed E-state index contributed by atoms with van der Waals surface area (Å²) in [5.74, 6) is -0.265. The van der Waals surface area contributed by atoms with Gasteiger partial charge in [0.25, 0.3) is 5.56 Å². The quantitative estimate of drug-likeness (QED) is 0.563. The zero-order chi connectivity index (χ0) is 19.7. The van der Waals surface area contributed by atoms with E-state index >= 15 is 0 Å². The number of carbonyl (C=O) groups excluding carboxylic acids is 1. The summed E-state index contributed by atoms with van der Waals surface area (Å²) in [6.45, 7) is 1.80. The summed E-state index contributed by atoms with van der Waals surface area (Å²) >= 11 is 0. The van der Waals surface area contributed by atoms with Crippen molar-refractivity contribution in [2.75, 3.05) is 0 Å². The van der Waals surface area contributed by atoms with Gasteiger partial charge in [-0.3, -0.25) is 18.8 Å². The van der Waals surface area contributed by atoms with Crippen LogP contribution < -0.4 is 10.9 Å². The van der Waals surface area contributed by atoms with Crippen molar-refractivity contribution in [2.45, 2.75) is 19.5 Å². The lowest BCUT2D eigenvalue weighted by Gasteiger charge is -2.15. The van der Waals surface area contributed by atoms with Crippen LogP contribution in [0.3, 0.4) is 0 Å². The molecule has 0 bridgehead atoms. The molecule has 3 aromatic heterocycles. The highest BCUT2D eigenvalue weighted by molar-refractivity contribution is 5.77. The Morgan fingerprint density at radius 2 is 2.00 bits per heavy atom. The fourth-order valence-electron chi connectivity index (χ4n) is 3.05. The largest absolute Gasteiger partial charge is 0.348 e. The molecule has 0 aliphatic heterocycles. The molecule has 0 radical (unpaired) electrons.